The van der Waals surface area contributed by atoms with Crippen LogP contribution in [0, 0.1) is 0 Å². The minimum atomic E-state index is -0.947. The third kappa shape index (κ3) is 4.03. The zero-order chi connectivity index (χ0) is 15.4. The Morgan fingerprint density at radius 3 is 2.52 bits per heavy atom. The Balaban J connectivity index is 2.03. The second-order valence-corrected chi connectivity index (χ2v) is 5.47. The minimum Gasteiger partial charge on any atom is -0.481 e. The van der Waals surface area contributed by atoms with Crippen molar-refractivity contribution >= 4 is 34.0 Å². The van der Waals surface area contributed by atoms with Gasteiger partial charge in [0.25, 0.3) is 5.91 Å². The van der Waals surface area contributed by atoms with E-state index >= 15 is 0 Å². The lowest BCUT2D eigenvalue weighted by atomic mass is 10.2. The van der Waals surface area contributed by atoms with E-state index in [1.807, 2.05) is 31.1 Å². The second kappa shape index (κ2) is 6.36. The molecule has 0 fully saturated rings. The summed E-state index contributed by atoms with van der Waals surface area (Å²) in [5.41, 5.74) is 1.96. The molecule has 6 nitrogen and oxygen atoms in total. The topological polar surface area (TPSA) is 82.5 Å². The second-order valence-electron chi connectivity index (χ2n) is 4.61. The molecule has 0 aliphatic carbocycles. The lowest BCUT2D eigenvalue weighted by molar-refractivity contribution is -0.136. The van der Waals surface area contributed by atoms with Crippen LogP contribution in [0.1, 0.15) is 16.1 Å². The highest BCUT2D eigenvalue weighted by Crippen LogP contribution is 2.18. The molecule has 1 amide bonds. The van der Waals surface area contributed by atoms with Gasteiger partial charge in [0.1, 0.15) is 0 Å². The minimum absolute atomic E-state index is 0.149. The van der Waals surface area contributed by atoms with Gasteiger partial charge in [0.05, 0.1) is 12.1 Å². The molecule has 0 atom stereocenters. The Bertz CT molecular complexity index is 650. The zero-order valence-corrected chi connectivity index (χ0v) is 12.5. The standard InChI is InChI=1S/C14H15N3O3S/c1-17(2)11-5-3-9(4-6-11)13(20)16-14-15-10(8-21-14)7-12(18)19/h3-6,8H,7H2,1-2H3,(H,18,19)(H,15,16,20). The van der Waals surface area contributed by atoms with Crippen LogP contribution in [0.15, 0.2) is 29.6 Å². The first-order valence-electron chi connectivity index (χ1n) is 6.20. The molecular weight excluding hydrogens is 290 g/mol. The monoisotopic (exact) mass is 305 g/mol. The molecule has 0 spiro atoms. The van der Waals surface area contributed by atoms with E-state index in [-0.39, 0.29) is 12.3 Å². The fourth-order valence-corrected chi connectivity index (χ4v) is 2.39. The van der Waals surface area contributed by atoms with E-state index in [1.54, 1.807) is 17.5 Å². The van der Waals surface area contributed by atoms with Gasteiger partial charge in [-0.3, -0.25) is 14.9 Å². The highest BCUT2D eigenvalue weighted by Gasteiger charge is 2.10. The average Bonchev–Trinajstić information content (AvgIpc) is 2.85. The van der Waals surface area contributed by atoms with Gasteiger partial charge in [-0.05, 0) is 24.3 Å². The first-order chi connectivity index (χ1) is 9.95. The predicted octanol–water partition coefficient (Wildman–Crippen LogP) is 2.09. The SMILES string of the molecule is CN(C)c1ccc(C(=O)Nc2nc(CC(=O)O)cs2)cc1. The average molecular weight is 305 g/mol. The summed E-state index contributed by atoms with van der Waals surface area (Å²) in [6, 6.07) is 7.17. The number of carboxylic acids is 1. The van der Waals surface area contributed by atoms with Gasteiger partial charge in [0.15, 0.2) is 5.13 Å². The van der Waals surface area contributed by atoms with Crippen molar-refractivity contribution in [2.24, 2.45) is 0 Å². The van der Waals surface area contributed by atoms with Crippen LogP contribution in [0.25, 0.3) is 0 Å². The summed E-state index contributed by atoms with van der Waals surface area (Å²) < 4.78 is 0. The largest absolute Gasteiger partial charge is 0.481 e. The van der Waals surface area contributed by atoms with Crippen molar-refractivity contribution in [2.45, 2.75) is 6.42 Å². The molecule has 0 radical (unpaired) electrons. The number of carbonyl (C=O) groups is 2. The van der Waals surface area contributed by atoms with E-state index in [2.05, 4.69) is 10.3 Å². The van der Waals surface area contributed by atoms with Crippen molar-refractivity contribution in [1.82, 2.24) is 4.98 Å². The maximum absolute atomic E-state index is 12.1. The molecule has 2 aromatic rings. The maximum atomic E-state index is 12.1. The normalized spacial score (nSPS) is 10.2. The number of anilines is 2. The number of thiazole rings is 1. The van der Waals surface area contributed by atoms with Crippen LogP contribution in [-0.2, 0) is 11.2 Å². The Hall–Kier alpha value is -2.41. The molecule has 21 heavy (non-hydrogen) atoms. The fraction of sp³-hybridized carbons (Fsp3) is 0.214. The van der Waals surface area contributed by atoms with E-state index in [0.29, 0.717) is 16.4 Å². The van der Waals surface area contributed by atoms with Crippen LogP contribution in [-0.4, -0.2) is 36.1 Å². The number of rotatable bonds is 5. The van der Waals surface area contributed by atoms with Crippen molar-refractivity contribution in [2.75, 3.05) is 24.3 Å². The molecule has 1 heterocycles. The van der Waals surface area contributed by atoms with Gasteiger partial charge in [-0.2, -0.15) is 0 Å². The number of nitrogens with zero attached hydrogens (tertiary/aromatic N) is 2. The molecule has 1 aromatic heterocycles. The summed E-state index contributed by atoms with van der Waals surface area (Å²) in [4.78, 5) is 28.6. The number of benzene rings is 1. The van der Waals surface area contributed by atoms with E-state index in [4.69, 9.17) is 5.11 Å². The molecule has 0 unspecified atom stereocenters. The van der Waals surface area contributed by atoms with Gasteiger partial charge in [-0.25, -0.2) is 4.98 Å². The van der Waals surface area contributed by atoms with E-state index in [9.17, 15) is 9.59 Å². The summed E-state index contributed by atoms with van der Waals surface area (Å²) in [7, 11) is 3.85. The number of nitrogens with one attached hydrogen (secondary N) is 1. The Morgan fingerprint density at radius 2 is 1.95 bits per heavy atom. The molecule has 1 aromatic carbocycles. The number of hydrogen-bond donors (Lipinski definition) is 2. The third-order valence-electron chi connectivity index (χ3n) is 2.75. The van der Waals surface area contributed by atoms with Gasteiger partial charge in [0, 0.05) is 30.7 Å². The number of aromatic nitrogens is 1. The van der Waals surface area contributed by atoms with E-state index in [1.165, 1.54) is 11.3 Å². The lowest BCUT2D eigenvalue weighted by Gasteiger charge is -2.12. The number of carboxylic acid groups (broad SMARTS) is 1. The van der Waals surface area contributed by atoms with Crippen LogP contribution in [0.2, 0.25) is 0 Å². The molecule has 0 aliphatic heterocycles. The van der Waals surface area contributed by atoms with Crippen LogP contribution < -0.4 is 10.2 Å². The van der Waals surface area contributed by atoms with Gasteiger partial charge in [-0.1, -0.05) is 0 Å². The Morgan fingerprint density at radius 1 is 1.29 bits per heavy atom. The van der Waals surface area contributed by atoms with E-state index < -0.39 is 5.97 Å². The van der Waals surface area contributed by atoms with E-state index in [0.717, 1.165) is 5.69 Å². The third-order valence-corrected chi connectivity index (χ3v) is 3.56. The molecule has 110 valence electrons. The first-order valence-corrected chi connectivity index (χ1v) is 7.08. The van der Waals surface area contributed by atoms with Crippen molar-refractivity contribution in [3.05, 3.63) is 40.9 Å². The molecule has 0 aliphatic rings. The maximum Gasteiger partial charge on any atom is 0.309 e. The molecule has 7 heteroatoms. The molecule has 0 bridgehead atoms. The van der Waals surface area contributed by atoms with Crippen molar-refractivity contribution in [1.29, 1.82) is 0 Å². The smallest absolute Gasteiger partial charge is 0.309 e. The van der Waals surface area contributed by atoms with Gasteiger partial charge in [0.2, 0.25) is 0 Å². The summed E-state index contributed by atoms with van der Waals surface area (Å²) in [5.74, 6) is -1.21. The summed E-state index contributed by atoms with van der Waals surface area (Å²) in [6.07, 6.45) is -0.149. The molecule has 2 rings (SSSR count). The lowest BCUT2D eigenvalue weighted by Crippen LogP contribution is -2.13. The quantitative estimate of drug-likeness (QED) is 0.884. The highest BCUT2D eigenvalue weighted by atomic mass is 32.1. The molecule has 0 saturated heterocycles. The summed E-state index contributed by atoms with van der Waals surface area (Å²) in [6.45, 7) is 0. The summed E-state index contributed by atoms with van der Waals surface area (Å²) in [5, 5.41) is 13.4. The number of carbonyl (C=O) groups excluding carboxylic acids is 1. The molecular formula is C14H15N3O3S. The van der Waals surface area contributed by atoms with Crippen LogP contribution in [0.3, 0.4) is 0 Å². The van der Waals surface area contributed by atoms with Gasteiger partial charge < -0.3 is 10.0 Å². The molecule has 2 N–H and O–H groups in total. The number of hydrogen-bond acceptors (Lipinski definition) is 5. The van der Waals surface area contributed by atoms with Crippen molar-refractivity contribution < 1.29 is 14.7 Å². The zero-order valence-electron chi connectivity index (χ0n) is 11.7. The fourth-order valence-electron chi connectivity index (χ4n) is 1.68. The number of amides is 1. The van der Waals surface area contributed by atoms with Crippen molar-refractivity contribution in [3.8, 4) is 0 Å². The predicted molar refractivity (Wildman–Crippen MR) is 82.2 cm³/mol. The van der Waals surface area contributed by atoms with Crippen LogP contribution in [0.4, 0.5) is 10.8 Å². The number of aliphatic carboxylic acids is 1. The first kappa shape index (κ1) is 15.0. The summed E-state index contributed by atoms with van der Waals surface area (Å²) >= 11 is 1.21. The highest BCUT2D eigenvalue weighted by molar-refractivity contribution is 7.14. The molecule has 0 saturated carbocycles. The van der Waals surface area contributed by atoms with Crippen LogP contribution in [0.5, 0.6) is 0 Å². The van der Waals surface area contributed by atoms with Gasteiger partial charge >= 0.3 is 5.97 Å². The van der Waals surface area contributed by atoms with Crippen LogP contribution >= 0.6 is 11.3 Å². The van der Waals surface area contributed by atoms with Gasteiger partial charge in [-0.15, -0.1) is 11.3 Å². The Kier molecular flexibility index (Phi) is 4.54. The van der Waals surface area contributed by atoms with Crippen molar-refractivity contribution in [3.63, 3.8) is 0 Å². The Labute approximate surface area is 126 Å².